The summed E-state index contributed by atoms with van der Waals surface area (Å²) in [6.07, 6.45) is -2.92. The molecule has 0 amide bonds. The van der Waals surface area contributed by atoms with Crippen molar-refractivity contribution in [3.63, 3.8) is 0 Å². The first-order chi connectivity index (χ1) is 6.97. The molecule has 1 aromatic rings. The van der Waals surface area contributed by atoms with E-state index < -0.39 is 23.7 Å². The van der Waals surface area contributed by atoms with E-state index in [4.69, 9.17) is 10.8 Å². The molecular formula is C8H7F2IN2O2. The second-order valence-electron chi connectivity index (χ2n) is 2.67. The predicted molar refractivity (Wildman–Crippen MR) is 56.8 cm³/mol. The molecule has 0 bridgehead atoms. The van der Waals surface area contributed by atoms with E-state index in [-0.39, 0.29) is 15.8 Å². The van der Waals surface area contributed by atoms with Crippen molar-refractivity contribution < 1.29 is 18.7 Å². The number of hydrogen-bond acceptors (Lipinski definition) is 3. The quantitative estimate of drug-likeness (QED) is 0.830. The molecule has 0 unspecified atom stereocenters. The summed E-state index contributed by atoms with van der Waals surface area (Å²) in [6, 6.07) is 1.38. The Morgan fingerprint density at radius 2 is 2.27 bits per heavy atom. The van der Waals surface area contributed by atoms with Crippen molar-refractivity contribution in [1.82, 2.24) is 4.98 Å². The first-order valence-electron chi connectivity index (χ1n) is 3.88. The first kappa shape index (κ1) is 12.2. The molecule has 7 heteroatoms. The molecule has 1 rings (SSSR count). The van der Waals surface area contributed by atoms with Crippen molar-refractivity contribution in [2.75, 3.05) is 0 Å². The fraction of sp³-hybridized carbons (Fsp3) is 0.250. The zero-order valence-corrected chi connectivity index (χ0v) is 9.53. The van der Waals surface area contributed by atoms with Crippen molar-refractivity contribution in [1.29, 1.82) is 0 Å². The number of aromatic carboxylic acids is 1. The van der Waals surface area contributed by atoms with Gasteiger partial charge in [0.2, 0.25) is 0 Å². The fourth-order valence-electron chi connectivity index (χ4n) is 1.06. The van der Waals surface area contributed by atoms with Gasteiger partial charge in [-0.25, -0.2) is 18.6 Å². The van der Waals surface area contributed by atoms with Crippen LogP contribution in [0.4, 0.5) is 8.78 Å². The van der Waals surface area contributed by atoms with Gasteiger partial charge in [0.15, 0.2) is 0 Å². The van der Waals surface area contributed by atoms with Crippen molar-refractivity contribution >= 4 is 28.6 Å². The molecule has 15 heavy (non-hydrogen) atoms. The van der Waals surface area contributed by atoms with Crippen LogP contribution in [0.3, 0.4) is 0 Å². The largest absolute Gasteiger partial charge is 0.478 e. The standard InChI is InChI=1S/C8H7F2IN2O2/c9-7(10)6-5(8(14)15)4(11)1-3(2-12)13-6/h1,7H,2,12H2,(H,14,15). The van der Waals surface area contributed by atoms with Crippen LogP contribution in [0.1, 0.15) is 28.2 Å². The minimum absolute atomic E-state index is 0.00434. The van der Waals surface area contributed by atoms with Crippen LogP contribution in [0.5, 0.6) is 0 Å². The highest BCUT2D eigenvalue weighted by Crippen LogP contribution is 2.25. The van der Waals surface area contributed by atoms with Gasteiger partial charge in [-0.2, -0.15) is 0 Å². The molecule has 0 aliphatic rings. The summed E-state index contributed by atoms with van der Waals surface area (Å²) >= 11 is 1.67. The van der Waals surface area contributed by atoms with E-state index in [2.05, 4.69) is 4.98 Å². The highest BCUT2D eigenvalue weighted by molar-refractivity contribution is 14.1. The van der Waals surface area contributed by atoms with Crippen molar-refractivity contribution in [2.45, 2.75) is 13.0 Å². The number of carboxylic acids is 1. The van der Waals surface area contributed by atoms with Gasteiger partial charge in [-0.3, -0.25) is 0 Å². The highest BCUT2D eigenvalue weighted by Gasteiger charge is 2.23. The average Bonchev–Trinajstić information content (AvgIpc) is 2.15. The molecule has 3 N–H and O–H groups in total. The number of carbonyl (C=O) groups is 1. The van der Waals surface area contributed by atoms with Gasteiger partial charge in [0.25, 0.3) is 6.43 Å². The highest BCUT2D eigenvalue weighted by atomic mass is 127. The van der Waals surface area contributed by atoms with Crippen LogP contribution >= 0.6 is 22.6 Å². The van der Waals surface area contributed by atoms with E-state index in [1.54, 1.807) is 22.6 Å². The molecule has 82 valence electrons. The maximum atomic E-state index is 12.5. The summed E-state index contributed by atoms with van der Waals surface area (Å²) in [5.74, 6) is -1.41. The Morgan fingerprint density at radius 3 is 2.67 bits per heavy atom. The van der Waals surface area contributed by atoms with Gasteiger partial charge in [-0.1, -0.05) is 0 Å². The lowest BCUT2D eigenvalue weighted by Gasteiger charge is -2.08. The van der Waals surface area contributed by atoms with Crippen LogP contribution in [0, 0.1) is 3.57 Å². The lowest BCUT2D eigenvalue weighted by Crippen LogP contribution is -2.12. The Bertz CT molecular complexity index is 398. The minimum atomic E-state index is -2.92. The predicted octanol–water partition coefficient (Wildman–Crippen LogP) is 1.78. The van der Waals surface area contributed by atoms with Gasteiger partial charge in [-0.05, 0) is 28.7 Å². The second-order valence-corrected chi connectivity index (χ2v) is 3.83. The SMILES string of the molecule is NCc1cc(I)c(C(=O)O)c(C(F)F)n1. The van der Waals surface area contributed by atoms with Crippen LogP contribution in [-0.4, -0.2) is 16.1 Å². The third kappa shape index (κ3) is 2.59. The van der Waals surface area contributed by atoms with Crippen molar-refractivity contribution in [2.24, 2.45) is 5.73 Å². The zero-order chi connectivity index (χ0) is 11.6. The van der Waals surface area contributed by atoms with Crippen LogP contribution in [-0.2, 0) is 6.54 Å². The van der Waals surface area contributed by atoms with E-state index in [9.17, 15) is 13.6 Å². The molecule has 0 aromatic carbocycles. The fourth-order valence-corrected chi connectivity index (χ4v) is 1.92. The number of rotatable bonds is 3. The molecular weight excluding hydrogens is 321 g/mol. The number of aromatic nitrogens is 1. The number of hydrogen-bond donors (Lipinski definition) is 2. The Labute approximate surface area is 97.6 Å². The monoisotopic (exact) mass is 328 g/mol. The molecule has 0 radical (unpaired) electrons. The number of nitrogens with zero attached hydrogens (tertiary/aromatic N) is 1. The van der Waals surface area contributed by atoms with Gasteiger partial charge < -0.3 is 10.8 Å². The van der Waals surface area contributed by atoms with Gasteiger partial charge in [-0.15, -0.1) is 0 Å². The average molecular weight is 328 g/mol. The van der Waals surface area contributed by atoms with E-state index in [0.29, 0.717) is 0 Å². The molecule has 0 spiro atoms. The van der Waals surface area contributed by atoms with Crippen LogP contribution in [0.15, 0.2) is 6.07 Å². The third-order valence-electron chi connectivity index (χ3n) is 1.68. The number of alkyl halides is 2. The number of halogens is 3. The minimum Gasteiger partial charge on any atom is -0.478 e. The Balaban J connectivity index is 3.42. The normalized spacial score (nSPS) is 10.7. The van der Waals surface area contributed by atoms with Gasteiger partial charge in [0.1, 0.15) is 11.3 Å². The lowest BCUT2D eigenvalue weighted by molar-refractivity contribution is 0.0680. The number of nitrogens with two attached hydrogens (primary N) is 1. The summed E-state index contributed by atoms with van der Waals surface area (Å²) in [5, 5.41) is 8.75. The Morgan fingerprint density at radius 1 is 1.67 bits per heavy atom. The molecule has 1 heterocycles. The number of pyridine rings is 1. The van der Waals surface area contributed by atoms with E-state index in [1.807, 2.05) is 0 Å². The molecule has 0 aliphatic carbocycles. The lowest BCUT2D eigenvalue weighted by atomic mass is 10.1. The molecule has 0 fully saturated rings. The van der Waals surface area contributed by atoms with E-state index >= 15 is 0 Å². The van der Waals surface area contributed by atoms with Crippen molar-refractivity contribution in [3.05, 3.63) is 26.6 Å². The molecule has 0 saturated heterocycles. The molecule has 4 nitrogen and oxygen atoms in total. The molecule has 1 aromatic heterocycles. The van der Waals surface area contributed by atoms with Crippen LogP contribution < -0.4 is 5.73 Å². The Kier molecular flexibility index (Phi) is 3.91. The van der Waals surface area contributed by atoms with E-state index in [1.165, 1.54) is 6.07 Å². The first-order valence-corrected chi connectivity index (χ1v) is 4.96. The van der Waals surface area contributed by atoms with Crippen LogP contribution in [0.2, 0.25) is 0 Å². The maximum absolute atomic E-state index is 12.5. The van der Waals surface area contributed by atoms with Gasteiger partial charge in [0, 0.05) is 10.1 Å². The van der Waals surface area contributed by atoms with Crippen LogP contribution in [0.25, 0.3) is 0 Å². The maximum Gasteiger partial charge on any atom is 0.338 e. The summed E-state index contributed by atoms with van der Waals surface area (Å²) in [6.45, 7) is -0.00434. The Hall–Kier alpha value is -0.830. The molecule has 0 atom stereocenters. The van der Waals surface area contributed by atoms with Gasteiger partial charge in [0.05, 0.1) is 5.69 Å². The smallest absolute Gasteiger partial charge is 0.338 e. The van der Waals surface area contributed by atoms with Gasteiger partial charge >= 0.3 is 5.97 Å². The zero-order valence-electron chi connectivity index (χ0n) is 7.38. The number of carboxylic acid groups (broad SMARTS) is 1. The van der Waals surface area contributed by atoms with E-state index in [0.717, 1.165) is 0 Å². The summed E-state index contributed by atoms with van der Waals surface area (Å²) < 4.78 is 25.2. The van der Waals surface area contributed by atoms with Crippen molar-refractivity contribution in [3.8, 4) is 0 Å². The molecule has 0 aliphatic heterocycles. The molecule has 0 saturated carbocycles. The second kappa shape index (κ2) is 4.79. The topological polar surface area (TPSA) is 76.2 Å². The summed E-state index contributed by atoms with van der Waals surface area (Å²) in [7, 11) is 0. The third-order valence-corrected chi connectivity index (χ3v) is 2.53. The summed E-state index contributed by atoms with van der Waals surface area (Å²) in [4.78, 5) is 14.2. The summed E-state index contributed by atoms with van der Waals surface area (Å²) in [5.41, 5.74) is 4.32.